The van der Waals surface area contributed by atoms with E-state index in [1.165, 1.54) is 24.7 Å². The zero-order valence-corrected chi connectivity index (χ0v) is 7.67. The van der Waals surface area contributed by atoms with Gasteiger partial charge in [0.25, 0.3) is 0 Å². The molecule has 0 spiro atoms. The van der Waals surface area contributed by atoms with Crippen molar-refractivity contribution in [1.82, 2.24) is 0 Å². The maximum atomic E-state index is 5.25. The number of allylic oxidation sites excluding steroid dienone is 2. The summed E-state index contributed by atoms with van der Waals surface area (Å²) in [4.78, 5) is 0. The van der Waals surface area contributed by atoms with Gasteiger partial charge in [-0.2, -0.15) is 0 Å². The van der Waals surface area contributed by atoms with Crippen LogP contribution in [0, 0.1) is 5.92 Å². The molecule has 0 N–H and O–H groups in total. The molecule has 0 amide bonds. The molecule has 2 heteroatoms. The van der Waals surface area contributed by atoms with E-state index in [9.17, 15) is 0 Å². The molecule has 0 heterocycles. The van der Waals surface area contributed by atoms with Crippen molar-refractivity contribution in [3.05, 3.63) is 24.3 Å². The van der Waals surface area contributed by atoms with E-state index < -0.39 is 0 Å². The van der Waals surface area contributed by atoms with E-state index in [0.717, 1.165) is 10.9 Å². The van der Waals surface area contributed by atoms with Gasteiger partial charge in [-0.1, -0.05) is 0 Å². The molecule has 1 nitrogen and oxygen atoms in total. The van der Waals surface area contributed by atoms with Crippen LogP contribution in [0.4, 0.5) is 0 Å². The zero-order valence-electron chi connectivity index (χ0n) is 5.21. The third-order valence-corrected chi connectivity index (χ3v) is 1.74. The SMILES string of the molecule is [Zr][CH2]OCC1C=CC=C1. The Kier molecular flexibility index (Phi) is 3.46. The van der Waals surface area contributed by atoms with Crippen LogP contribution in [0.15, 0.2) is 24.3 Å². The molecule has 0 atom stereocenters. The van der Waals surface area contributed by atoms with Gasteiger partial charge in [0.2, 0.25) is 0 Å². The second-order valence-electron chi connectivity index (χ2n) is 1.95. The van der Waals surface area contributed by atoms with Gasteiger partial charge in [0.1, 0.15) is 0 Å². The molecule has 0 fully saturated rings. The van der Waals surface area contributed by atoms with E-state index in [1.54, 1.807) is 0 Å². The van der Waals surface area contributed by atoms with Gasteiger partial charge in [0, 0.05) is 0 Å². The zero-order chi connectivity index (χ0) is 6.53. The molecule has 0 unspecified atom stereocenters. The van der Waals surface area contributed by atoms with Gasteiger partial charge in [0.05, 0.1) is 0 Å². The van der Waals surface area contributed by atoms with Crippen LogP contribution >= 0.6 is 0 Å². The minimum atomic E-state index is 0.547. The van der Waals surface area contributed by atoms with E-state index in [2.05, 4.69) is 24.3 Å². The Morgan fingerprint density at radius 2 is 2.00 bits per heavy atom. The average Bonchev–Trinajstić information content (AvgIpc) is 2.34. The Labute approximate surface area is 70.6 Å². The number of rotatable bonds is 3. The van der Waals surface area contributed by atoms with Gasteiger partial charge < -0.3 is 0 Å². The molecule has 0 saturated heterocycles. The first kappa shape index (κ1) is 7.43. The predicted molar refractivity (Wildman–Crippen MR) is 32.6 cm³/mol. The van der Waals surface area contributed by atoms with Crippen LogP contribution in [0.25, 0.3) is 0 Å². The molecular weight excluding hydrogens is 191 g/mol. The summed E-state index contributed by atoms with van der Waals surface area (Å²) in [5.74, 6) is 0.547. The molecular formula is C7H9OZr. The van der Waals surface area contributed by atoms with Crippen molar-refractivity contribution in [3.8, 4) is 0 Å². The van der Waals surface area contributed by atoms with Crippen molar-refractivity contribution in [2.75, 3.05) is 10.9 Å². The molecule has 0 aromatic rings. The van der Waals surface area contributed by atoms with Crippen molar-refractivity contribution >= 4 is 0 Å². The Morgan fingerprint density at radius 3 is 2.56 bits per heavy atom. The van der Waals surface area contributed by atoms with Gasteiger partial charge in [-0.05, 0) is 0 Å². The average molecular weight is 200 g/mol. The van der Waals surface area contributed by atoms with Gasteiger partial charge in [-0.25, -0.2) is 0 Å². The molecule has 0 aromatic heterocycles. The minimum absolute atomic E-state index is 0.547. The van der Waals surface area contributed by atoms with Gasteiger partial charge >= 0.3 is 70.6 Å². The van der Waals surface area contributed by atoms with E-state index in [4.69, 9.17) is 4.74 Å². The topological polar surface area (TPSA) is 9.23 Å². The van der Waals surface area contributed by atoms with Crippen molar-refractivity contribution in [2.45, 2.75) is 0 Å². The standard InChI is InChI=1S/C7H9O.Zr/c1-8-6-7-4-2-3-5-7;/h2-5,7H,1,6H2;. The van der Waals surface area contributed by atoms with Crippen LogP contribution < -0.4 is 0 Å². The summed E-state index contributed by atoms with van der Waals surface area (Å²) >= 11 is 1.45. The van der Waals surface area contributed by atoms with Crippen LogP contribution in [0.1, 0.15) is 0 Å². The first-order chi connectivity index (χ1) is 4.43. The van der Waals surface area contributed by atoms with E-state index in [1.807, 2.05) is 0 Å². The van der Waals surface area contributed by atoms with E-state index in [0.29, 0.717) is 5.92 Å². The molecule has 9 heavy (non-hydrogen) atoms. The summed E-state index contributed by atoms with van der Waals surface area (Å²) < 4.78 is 6.16. The molecule has 1 aliphatic rings. The summed E-state index contributed by atoms with van der Waals surface area (Å²) in [6.45, 7) is 0.859. The molecule has 0 aliphatic heterocycles. The molecule has 1 aliphatic carbocycles. The Hall–Kier alpha value is 0.323. The molecule has 0 bridgehead atoms. The fourth-order valence-electron chi connectivity index (χ4n) is 0.784. The second kappa shape index (κ2) is 4.19. The first-order valence-corrected chi connectivity index (χ1v) is 4.74. The van der Waals surface area contributed by atoms with Gasteiger partial charge in [-0.15, -0.1) is 0 Å². The van der Waals surface area contributed by atoms with Crippen LogP contribution in [0.3, 0.4) is 0 Å². The molecule has 0 aromatic carbocycles. The number of ether oxygens (including phenoxy) is 1. The van der Waals surface area contributed by atoms with Crippen LogP contribution in [0.5, 0.6) is 0 Å². The predicted octanol–water partition coefficient (Wildman–Crippen LogP) is 1.25. The van der Waals surface area contributed by atoms with Crippen molar-refractivity contribution in [1.29, 1.82) is 0 Å². The van der Waals surface area contributed by atoms with Crippen molar-refractivity contribution in [3.63, 3.8) is 0 Å². The summed E-state index contributed by atoms with van der Waals surface area (Å²) in [6, 6.07) is 0. The number of hydrogen-bond donors (Lipinski definition) is 0. The quantitative estimate of drug-likeness (QED) is 0.666. The number of hydrogen-bond acceptors (Lipinski definition) is 1. The van der Waals surface area contributed by atoms with E-state index in [-0.39, 0.29) is 0 Å². The third kappa shape index (κ3) is 2.60. The molecule has 47 valence electrons. The third-order valence-electron chi connectivity index (χ3n) is 1.24. The first-order valence-electron chi connectivity index (χ1n) is 3.01. The van der Waals surface area contributed by atoms with Gasteiger partial charge in [0.15, 0.2) is 0 Å². The Bertz CT molecular complexity index is 117. The summed E-state index contributed by atoms with van der Waals surface area (Å²) in [5.41, 5.74) is 0. The monoisotopic (exact) mass is 199 g/mol. The normalized spacial score (nSPS) is 17.2. The van der Waals surface area contributed by atoms with Crippen LogP contribution in [-0.4, -0.2) is 10.9 Å². The summed E-state index contributed by atoms with van der Waals surface area (Å²) in [6.07, 6.45) is 8.45. The second-order valence-corrected chi connectivity index (χ2v) is 2.66. The van der Waals surface area contributed by atoms with Gasteiger partial charge in [-0.3, -0.25) is 0 Å². The fourth-order valence-corrected chi connectivity index (χ4v) is 1.07. The molecule has 0 saturated carbocycles. The van der Waals surface area contributed by atoms with Crippen LogP contribution in [-0.2, 0) is 29.5 Å². The molecule has 0 radical (unpaired) electrons. The maximum absolute atomic E-state index is 5.25. The van der Waals surface area contributed by atoms with Crippen LogP contribution in [0.2, 0.25) is 0 Å². The van der Waals surface area contributed by atoms with E-state index >= 15 is 0 Å². The van der Waals surface area contributed by atoms with Crippen molar-refractivity contribution in [2.24, 2.45) is 5.92 Å². The molecule has 1 rings (SSSR count). The fraction of sp³-hybridized carbons (Fsp3) is 0.429. The summed E-state index contributed by atoms with van der Waals surface area (Å²) in [5, 5.41) is 0. The Morgan fingerprint density at radius 1 is 1.33 bits per heavy atom. The Balaban J connectivity index is 2.13. The van der Waals surface area contributed by atoms with Crippen molar-refractivity contribution < 1.29 is 29.5 Å². The summed E-state index contributed by atoms with van der Waals surface area (Å²) in [7, 11) is 0.